The molecule has 0 atom stereocenters. The van der Waals surface area contributed by atoms with E-state index in [2.05, 4.69) is 20.7 Å². The Morgan fingerprint density at radius 1 is 1.32 bits per heavy atom. The fraction of sp³-hybridized carbons (Fsp3) is 0.333. The number of alkyl halides is 3. The molecule has 0 saturated carbocycles. The predicted octanol–water partition coefficient (Wildman–Crippen LogP) is 3.13. The normalized spacial score (nSPS) is 10.7. The van der Waals surface area contributed by atoms with E-state index in [-0.39, 0.29) is 23.1 Å². The molecular formula is C15H16ClF4N5O3. The molecule has 0 bridgehead atoms. The highest BCUT2D eigenvalue weighted by atomic mass is 35.5. The monoisotopic (exact) mass is 425 g/mol. The van der Waals surface area contributed by atoms with Crippen LogP contribution in [0, 0.1) is 5.82 Å². The summed E-state index contributed by atoms with van der Waals surface area (Å²) in [6.45, 7) is 1.92. The fourth-order valence-corrected chi connectivity index (χ4v) is 2.02. The van der Waals surface area contributed by atoms with Crippen LogP contribution in [0.1, 0.15) is 18.3 Å². The highest BCUT2D eigenvalue weighted by Crippen LogP contribution is 2.18. The Balaban J connectivity index is 0.000000480. The molecule has 2 amide bonds. The van der Waals surface area contributed by atoms with Gasteiger partial charge in [0.25, 0.3) is 0 Å². The molecule has 13 heteroatoms. The first-order chi connectivity index (χ1) is 13.0. The van der Waals surface area contributed by atoms with Crippen LogP contribution in [0.25, 0.3) is 0 Å². The van der Waals surface area contributed by atoms with Crippen molar-refractivity contribution in [3.63, 3.8) is 0 Å². The lowest BCUT2D eigenvalue weighted by Crippen LogP contribution is -2.29. The standard InChI is InChI=1S/C13H15ClFN5O.C2HF3O2/c1-3-11-17-12(19-20(11)2)18-13(21)16-7-8-9(14)5-4-6-10(8)15;3-2(4,5)1(6)7/h4-6H,3,7H2,1-2H3,(H2,16,18,19,21);(H,6,7). The van der Waals surface area contributed by atoms with Gasteiger partial charge in [0, 0.05) is 30.6 Å². The number of carbonyl (C=O) groups excluding carboxylic acids is 1. The van der Waals surface area contributed by atoms with Crippen molar-refractivity contribution in [3.8, 4) is 0 Å². The summed E-state index contributed by atoms with van der Waals surface area (Å²) in [5.41, 5.74) is 0.234. The summed E-state index contributed by atoms with van der Waals surface area (Å²) < 4.78 is 46.9. The van der Waals surface area contributed by atoms with Crippen LogP contribution >= 0.6 is 11.6 Å². The van der Waals surface area contributed by atoms with Crippen LogP contribution in [0.3, 0.4) is 0 Å². The van der Waals surface area contributed by atoms with E-state index in [1.54, 1.807) is 17.8 Å². The van der Waals surface area contributed by atoms with Crippen LogP contribution in [0.2, 0.25) is 5.02 Å². The maximum atomic E-state index is 13.5. The number of nitrogens with zero attached hydrogens (tertiary/aromatic N) is 3. The van der Waals surface area contributed by atoms with Crippen molar-refractivity contribution in [2.24, 2.45) is 7.05 Å². The second kappa shape index (κ2) is 9.88. The number of aryl methyl sites for hydroxylation is 2. The summed E-state index contributed by atoms with van der Waals surface area (Å²) in [5, 5.41) is 16.4. The Labute approximate surface area is 161 Å². The number of carboxylic acids is 1. The number of nitrogens with one attached hydrogen (secondary N) is 2. The van der Waals surface area contributed by atoms with Crippen LogP contribution in [-0.4, -0.2) is 38.0 Å². The summed E-state index contributed by atoms with van der Waals surface area (Å²) in [6.07, 6.45) is -4.38. The van der Waals surface area contributed by atoms with Crippen molar-refractivity contribution in [2.75, 3.05) is 5.32 Å². The molecule has 8 nitrogen and oxygen atoms in total. The Hall–Kier alpha value is -2.89. The summed E-state index contributed by atoms with van der Waals surface area (Å²) in [6, 6.07) is 3.83. The smallest absolute Gasteiger partial charge is 0.475 e. The number of urea groups is 1. The second-order valence-corrected chi connectivity index (χ2v) is 5.55. The topological polar surface area (TPSA) is 109 Å². The van der Waals surface area contributed by atoms with Crippen molar-refractivity contribution < 1.29 is 32.3 Å². The van der Waals surface area contributed by atoms with E-state index in [0.717, 1.165) is 5.82 Å². The lowest BCUT2D eigenvalue weighted by atomic mass is 10.2. The lowest BCUT2D eigenvalue weighted by Gasteiger charge is -2.07. The van der Waals surface area contributed by atoms with Crippen molar-refractivity contribution in [1.29, 1.82) is 0 Å². The van der Waals surface area contributed by atoms with Crippen LogP contribution in [0.5, 0.6) is 0 Å². The Morgan fingerprint density at radius 2 is 1.93 bits per heavy atom. The molecule has 0 fully saturated rings. The zero-order valence-electron chi connectivity index (χ0n) is 14.6. The molecule has 0 radical (unpaired) electrons. The van der Waals surface area contributed by atoms with Gasteiger partial charge in [-0.3, -0.25) is 10.00 Å². The highest BCUT2D eigenvalue weighted by Gasteiger charge is 2.38. The van der Waals surface area contributed by atoms with Gasteiger partial charge in [0.05, 0.1) is 0 Å². The molecule has 28 heavy (non-hydrogen) atoms. The number of carbonyl (C=O) groups is 2. The van der Waals surface area contributed by atoms with Crippen LogP contribution in [-0.2, 0) is 24.8 Å². The first-order valence-electron chi connectivity index (χ1n) is 7.63. The number of halogens is 5. The Morgan fingerprint density at radius 3 is 2.39 bits per heavy atom. The molecule has 1 aromatic heterocycles. The molecule has 1 heterocycles. The number of anilines is 1. The predicted molar refractivity (Wildman–Crippen MR) is 91.3 cm³/mol. The van der Waals surface area contributed by atoms with Gasteiger partial charge in [0.15, 0.2) is 0 Å². The number of aliphatic carboxylic acids is 1. The summed E-state index contributed by atoms with van der Waals surface area (Å²) in [7, 11) is 1.74. The molecule has 0 saturated heterocycles. The fourth-order valence-electron chi connectivity index (χ4n) is 1.79. The maximum Gasteiger partial charge on any atom is 0.490 e. The average Bonchev–Trinajstić information content (AvgIpc) is 2.93. The minimum atomic E-state index is -5.08. The SMILES string of the molecule is CCc1nc(NC(=O)NCc2c(F)cccc2Cl)nn1C.O=C(O)C(F)(F)F. The molecule has 2 rings (SSSR count). The number of hydrogen-bond donors (Lipinski definition) is 3. The van der Waals surface area contributed by atoms with E-state index in [0.29, 0.717) is 6.42 Å². The zero-order chi connectivity index (χ0) is 21.5. The van der Waals surface area contributed by atoms with Gasteiger partial charge in [-0.05, 0) is 12.1 Å². The van der Waals surface area contributed by atoms with E-state index in [4.69, 9.17) is 21.5 Å². The number of amides is 2. The summed E-state index contributed by atoms with van der Waals surface area (Å²) in [4.78, 5) is 24.8. The molecule has 0 aliphatic rings. The summed E-state index contributed by atoms with van der Waals surface area (Å²) in [5.74, 6) is -2.27. The molecule has 3 N–H and O–H groups in total. The molecular weight excluding hydrogens is 410 g/mol. The van der Waals surface area contributed by atoms with Crippen LogP contribution in [0.15, 0.2) is 18.2 Å². The molecule has 0 spiro atoms. The van der Waals surface area contributed by atoms with Gasteiger partial charge < -0.3 is 10.4 Å². The van der Waals surface area contributed by atoms with E-state index < -0.39 is 24.0 Å². The van der Waals surface area contributed by atoms with Gasteiger partial charge in [-0.2, -0.15) is 18.2 Å². The van der Waals surface area contributed by atoms with Crippen LogP contribution in [0.4, 0.5) is 28.3 Å². The summed E-state index contributed by atoms with van der Waals surface area (Å²) >= 11 is 5.88. The van der Waals surface area contributed by atoms with E-state index >= 15 is 0 Å². The minimum absolute atomic E-state index is 0.0230. The number of rotatable bonds is 4. The Bertz CT molecular complexity index is 821. The van der Waals surface area contributed by atoms with Gasteiger partial charge in [0.2, 0.25) is 5.95 Å². The molecule has 0 aliphatic heterocycles. The lowest BCUT2D eigenvalue weighted by molar-refractivity contribution is -0.192. The number of hydrogen-bond acceptors (Lipinski definition) is 4. The quantitative estimate of drug-likeness (QED) is 0.652. The van der Waals surface area contributed by atoms with E-state index in [1.165, 1.54) is 12.1 Å². The van der Waals surface area contributed by atoms with Crippen molar-refractivity contribution in [3.05, 3.63) is 40.4 Å². The van der Waals surface area contributed by atoms with E-state index in [9.17, 15) is 22.4 Å². The minimum Gasteiger partial charge on any atom is -0.475 e. The zero-order valence-corrected chi connectivity index (χ0v) is 15.4. The van der Waals surface area contributed by atoms with Gasteiger partial charge in [0.1, 0.15) is 11.6 Å². The number of carboxylic acid groups (broad SMARTS) is 1. The highest BCUT2D eigenvalue weighted by molar-refractivity contribution is 6.31. The van der Waals surface area contributed by atoms with Crippen LogP contribution < -0.4 is 10.6 Å². The Kier molecular flexibility index (Phi) is 8.16. The molecule has 154 valence electrons. The van der Waals surface area contributed by atoms with Crippen molar-refractivity contribution >= 4 is 29.5 Å². The third-order valence-electron chi connectivity index (χ3n) is 3.12. The molecule has 0 unspecified atom stereocenters. The first kappa shape index (κ1) is 23.1. The van der Waals surface area contributed by atoms with Gasteiger partial charge in [-0.15, -0.1) is 5.10 Å². The van der Waals surface area contributed by atoms with Crippen molar-refractivity contribution in [2.45, 2.75) is 26.1 Å². The third kappa shape index (κ3) is 7.02. The van der Waals surface area contributed by atoms with E-state index in [1.807, 2.05) is 6.92 Å². The van der Waals surface area contributed by atoms with Gasteiger partial charge >= 0.3 is 18.2 Å². The number of benzene rings is 1. The average molecular weight is 426 g/mol. The maximum absolute atomic E-state index is 13.5. The van der Waals surface area contributed by atoms with Gasteiger partial charge in [-0.1, -0.05) is 24.6 Å². The number of aromatic nitrogens is 3. The van der Waals surface area contributed by atoms with Crippen molar-refractivity contribution in [1.82, 2.24) is 20.1 Å². The third-order valence-corrected chi connectivity index (χ3v) is 3.48. The largest absolute Gasteiger partial charge is 0.490 e. The molecule has 1 aromatic carbocycles. The molecule has 2 aromatic rings. The first-order valence-corrected chi connectivity index (χ1v) is 8.01. The molecule has 0 aliphatic carbocycles. The second-order valence-electron chi connectivity index (χ2n) is 5.14. The van der Waals surface area contributed by atoms with Gasteiger partial charge in [-0.25, -0.2) is 14.0 Å².